The largest absolute Gasteiger partial charge is 0.0808 e. The second-order valence-corrected chi connectivity index (χ2v) is 5.69. The van der Waals surface area contributed by atoms with Gasteiger partial charge in [0.05, 0.1) is 0 Å². The zero-order chi connectivity index (χ0) is 13.9. The van der Waals surface area contributed by atoms with Crippen LogP contribution in [0.5, 0.6) is 0 Å². The molecule has 1 unspecified atom stereocenters. The van der Waals surface area contributed by atoms with Crippen LogP contribution in [0.3, 0.4) is 0 Å². The zero-order valence-corrected chi connectivity index (χ0v) is 12.1. The van der Waals surface area contributed by atoms with Gasteiger partial charge in [0.1, 0.15) is 0 Å². The highest BCUT2D eigenvalue weighted by atomic mass is 14.1. The van der Waals surface area contributed by atoms with Crippen LogP contribution in [0.1, 0.15) is 24.5 Å². The van der Waals surface area contributed by atoms with Crippen molar-refractivity contribution < 1.29 is 0 Å². The van der Waals surface area contributed by atoms with Crippen LogP contribution in [0.25, 0.3) is 16.7 Å². The molecule has 0 radical (unpaired) electrons. The lowest BCUT2D eigenvalue weighted by Crippen LogP contribution is -1.95. The third-order valence-electron chi connectivity index (χ3n) is 3.83. The summed E-state index contributed by atoms with van der Waals surface area (Å²) in [7, 11) is 0. The summed E-state index contributed by atoms with van der Waals surface area (Å²) in [6.07, 6.45) is 8.06. The Morgan fingerprint density at radius 3 is 2.35 bits per heavy atom. The highest BCUT2D eigenvalue weighted by Crippen LogP contribution is 2.29. The van der Waals surface area contributed by atoms with Crippen LogP contribution in [0.15, 0.2) is 66.8 Å². The van der Waals surface area contributed by atoms with E-state index >= 15 is 0 Å². The van der Waals surface area contributed by atoms with Crippen LogP contribution < -0.4 is 0 Å². The molecule has 1 aliphatic rings. The van der Waals surface area contributed by atoms with Crippen LogP contribution >= 0.6 is 0 Å². The molecule has 0 bridgehead atoms. The van der Waals surface area contributed by atoms with Gasteiger partial charge < -0.3 is 0 Å². The van der Waals surface area contributed by atoms with Crippen molar-refractivity contribution in [1.29, 1.82) is 0 Å². The number of benzene rings is 2. The monoisotopic (exact) mass is 260 g/mol. The summed E-state index contributed by atoms with van der Waals surface area (Å²) in [6.45, 7) is 4.43. The van der Waals surface area contributed by atoms with Gasteiger partial charge in [0.2, 0.25) is 0 Å². The van der Waals surface area contributed by atoms with Crippen molar-refractivity contribution in [2.24, 2.45) is 5.92 Å². The molecule has 20 heavy (non-hydrogen) atoms. The molecular formula is C20H20. The maximum atomic E-state index is 2.36. The Morgan fingerprint density at radius 1 is 0.900 bits per heavy atom. The fraction of sp³-hybridized carbons (Fsp3) is 0.200. The Morgan fingerprint density at radius 2 is 1.65 bits per heavy atom. The quantitative estimate of drug-likeness (QED) is 0.655. The predicted molar refractivity (Wildman–Crippen MR) is 87.5 cm³/mol. The average molecular weight is 260 g/mol. The number of hydrogen-bond donors (Lipinski definition) is 0. The van der Waals surface area contributed by atoms with E-state index in [1.165, 1.54) is 27.8 Å². The topological polar surface area (TPSA) is 0 Å². The second-order valence-electron chi connectivity index (χ2n) is 5.69. The summed E-state index contributed by atoms with van der Waals surface area (Å²) in [5, 5.41) is 0. The first-order valence-corrected chi connectivity index (χ1v) is 7.28. The highest BCUT2D eigenvalue weighted by Gasteiger charge is 2.08. The number of allylic oxidation sites excluding steroid dienone is 4. The highest BCUT2D eigenvalue weighted by molar-refractivity contribution is 5.79. The first kappa shape index (κ1) is 12.9. The molecule has 0 nitrogen and oxygen atoms in total. The van der Waals surface area contributed by atoms with E-state index in [-0.39, 0.29) is 0 Å². The first-order valence-electron chi connectivity index (χ1n) is 7.28. The van der Waals surface area contributed by atoms with Gasteiger partial charge >= 0.3 is 0 Å². The van der Waals surface area contributed by atoms with Crippen LogP contribution in [-0.2, 0) is 0 Å². The summed E-state index contributed by atoms with van der Waals surface area (Å²) in [4.78, 5) is 0. The fourth-order valence-electron chi connectivity index (χ4n) is 2.69. The fourth-order valence-corrected chi connectivity index (χ4v) is 2.69. The zero-order valence-electron chi connectivity index (χ0n) is 12.1. The molecular weight excluding hydrogens is 240 g/mol. The van der Waals surface area contributed by atoms with Crippen molar-refractivity contribution in [1.82, 2.24) is 0 Å². The van der Waals surface area contributed by atoms with Crippen molar-refractivity contribution in [3.05, 3.63) is 77.9 Å². The molecule has 0 aliphatic heterocycles. The minimum Gasteiger partial charge on any atom is -0.0808 e. The van der Waals surface area contributed by atoms with Gasteiger partial charge in [-0.05, 0) is 53.2 Å². The lowest BCUT2D eigenvalue weighted by Gasteiger charge is -2.14. The van der Waals surface area contributed by atoms with Gasteiger partial charge in [-0.2, -0.15) is 0 Å². The van der Waals surface area contributed by atoms with Crippen LogP contribution in [-0.4, -0.2) is 0 Å². The molecule has 0 spiro atoms. The SMILES string of the molecule is Cc1cc(C2=CCC(C)C=C2)cc(-c2ccccc2)c1. The minimum absolute atomic E-state index is 0.664. The summed E-state index contributed by atoms with van der Waals surface area (Å²) >= 11 is 0. The van der Waals surface area contributed by atoms with Crippen LogP contribution in [0.4, 0.5) is 0 Å². The molecule has 0 fully saturated rings. The Kier molecular flexibility index (Phi) is 3.56. The Hall–Kier alpha value is -2.08. The molecule has 0 amide bonds. The van der Waals surface area contributed by atoms with Gasteiger partial charge in [-0.3, -0.25) is 0 Å². The van der Waals surface area contributed by atoms with Crippen molar-refractivity contribution in [3.8, 4) is 11.1 Å². The second kappa shape index (κ2) is 5.50. The van der Waals surface area contributed by atoms with Crippen molar-refractivity contribution in [2.75, 3.05) is 0 Å². The smallest absolute Gasteiger partial charge is 0.0175 e. The average Bonchev–Trinajstić information content (AvgIpc) is 2.48. The molecule has 0 heteroatoms. The maximum Gasteiger partial charge on any atom is -0.0175 e. The van der Waals surface area contributed by atoms with E-state index in [0.29, 0.717) is 5.92 Å². The molecule has 100 valence electrons. The van der Waals surface area contributed by atoms with Crippen LogP contribution in [0.2, 0.25) is 0 Å². The van der Waals surface area contributed by atoms with Crippen molar-refractivity contribution in [2.45, 2.75) is 20.3 Å². The van der Waals surface area contributed by atoms with E-state index < -0.39 is 0 Å². The van der Waals surface area contributed by atoms with E-state index in [0.717, 1.165) is 6.42 Å². The summed E-state index contributed by atoms with van der Waals surface area (Å²) in [5.41, 5.74) is 6.57. The van der Waals surface area contributed by atoms with Crippen molar-refractivity contribution >= 4 is 5.57 Å². The van der Waals surface area contributed by atoms with Gasteiger partial charge in [0.25, 0.3) is 0 Å². The van der Waals surface area contributed by atoms with E-state index in [4.69, 9.17) is 0 Å². The number of rotatable bonds is 2. The molecule has 1 atom stereocenters. The van der Waals surface area contributed by atoms with E-state index in [1.807, 2.05) is 0 Å². The molecule has 0 aromatic heterocycles. The maximum absolute atomic E-state index is 2.36. The molecule has 2 aromatic carbocycles. The Labute approximate surface area is 121 Å². The van der Waals surface area contributed by atoms with Gasteiger partial charge in [0, 0.05) is 0 Å². The normalized spacial score (nSPS) is 17.9. The van der Waals surface area contributed by atoms with E-state index in [1.54, 1.807) is 0 Å². The Balaban J connectivity index is 2.02. The van der Waals surface area contributed by atoms with Gasteiger partial charge in [-0.1, -0.05) is 67.6 Å². The molecule has 0 saturated carbocycles. The Bertz CT molecular complexity index is 660. The first-order chi connectivity index (χ1) is 9.72. The minimum atomic E-state index is 0.664. The van der Waals surface area contributed by atoms with Crippen LogP contribution in [0, 0.1) is 12.8 Å². The lowest BCUT2D eigenvalue weighted by atomic mass is 9.91. The van der Waals surface area contributed by atoms with E-state index in [9.17, 15) is 0 Å². The molecule has 0 heterocycles. The third kappa shape index (κ3) is 2.75. The lowest BCUT2D eigenvalue weighted by molar-refractivity contribution is 0.739. The number of hydrogen-bond acceptors (Lipinski definition) is 0. The van der Waals surface area contributed by atoms with Gasteiger partial charge in [-0.25, -0.2) is 0 Å². The predicted octanol–water partition coefficient (Wildman–Crippen LogP) is 5.64. The molecule has 1 aliphatic carbocycles. The third-order valence-corrected chi connectivity index (χ3v) is 3.83. The van der Waals surface area contributed by atoms with Crippen molar-refractivity contribution in [3.63, 3.8) is 0 Å². The van der Waals surface area contributed by atoms with Gasteiger partial charge in [-0.15, -0.1) is 0 Å². The summed E-state index contributed by atoms with van der Waals surface area (Å²) in [5.74, 6) is 0.664. The summed E-state index contributed by atoms with van der Waals surface area (Å²) in [6, 6.07) is 17.4. The summed E-state index contributed by atoms with van der Waals surface area (Å²) < 4.78 is 0. The van der Waals surface area contributed by atoms with Gasteiger partial charge in [0.15, 0.2) is 0 Å². The standard InChI is InChI=1S/C20H20/c1-15-8-10-18(11-9-15)20-13-16(2)12-19(14-20)17-6-4-3-5-7-17/h3-8,10-15H,9H2,1-2H3. The molecule has 3 rings (SSSR count). The molecule has 2 aromatic rings. The van der Waals surface area contributed by atoms with E-state index in [2.05, 4.69) is 80.6 Å². The molecule has 0 saturated heterocycles. The number of aryl methyl sites for hydroxylation is 1. The molecule has 0 N–H and O–H groups in total.